The summed E-state index contributed by atoms with van der Waals surface area (Å²) < 4.78 is 5.96. The first kappa shape index (κ1) is 19.9. The molecule has 5 aromatic rings. The Bertz CT molecular complexity index is 1310. The van der Waals surface area contributed by atoms with Gasteiger partial charge in [0.25, 0.3) is 0 Å². The zero-order valence-electron chi connectivity index (χ0n) is 17.9. The number of H-pyrrole nitrogens is 1. The molecule has 0 fully saturated rings. The molecule has 1 atom stereocenters. The lowest BCUT2D eigenvalue weighted by Crippen LogP contribution is -2.00. The van der Waals surface area contributed by atoms with E-state index in [9.17, 15) is 0 Å². The molecule has 0 bridgehead atoms. The highest BCUT2D eigenvalue weighted by Crippen LogP contribution is 2.25. The smallest absolute Gasteiger partial charge is 0.155 e. The molecule has 5 nitrogen and oxygen atoms in total. The number of nitrogens with one attached hydrogen (secondary N) is 1. The molecule has 0 radical (unpaired) electrons. The first-order chi connectivity index (χ1) is 15.7. The monoisotopic (exact) mass is 420 g/mol. The Morgan fingerprint density at radius 3 is 2.62 bits per heavy atom. The summed E-state index contributed by atoms with van der Waals surface area (Å²) in [5.41, 5.74) is 5.52. The molecular formula is C27H24N4O. The third-order valence-corrected chi connectivity index (χ3v) is 5.65. The first-order valence-electron chi connectivity index (χ1n) is 10.8. The molecule has 0 saturated carbocycles. The summed E-state index contributed by atoms with van der Waals surface area (Å²) >= 11 is 0. The van der Waals surface area contributed by atoms with Gasteiger partial charge in [-0.2, -0.15) is 5.10 Å². The Morgan fingerprint density at radius 2 is 1.78 bits per heavy atom. The molecule has 5 heteroatoms. The topological polar surface area (TPSA) is 63.7 Å². The van der Waals surface area contributed by atoms with E-state index in [-0.39, 0.29) is 0 Å². The summed E-state index contributed by atoms with van der Waals surface area (Å²) in [6.45, 7) is 2.70. The number of nitrogens with zero attached hydrogens (tertiary/aromatic N) is 3. The van der Waals surface area contributed by atoms with Crippen molar-refractivity contribution in [3.8, 4) is 17.1 Å². The van der Waals surface area contributed by atoms with Crippen LogP contribution in [0.2, 0.25) is 0 Å². The predicted octanol–water partition coefficient (Wildman–Crippen LogP) is 5.95. The van der Waals surface area contributed by atoms with Gasteiger partial charge in [0, 0.05) is 10.9 Å². The molecule has 3 aromatic carbocycles. The van der Waals surface area contributed by atoms with E-state index >= 15 is 0 Å². The fraction of sp³-hybridized carbons (Fsp3) is 0.148. The molecule has 5 rings (SSSR count). The van der Waals surface area contributed by atoms with Crippen molar-refractivity contribution < 1.29 is 4.74 Å². The van der Waals surface area contributed by atoms with Crippen LogP contribution in [0.3, 0.4) is 0 Å². The number of aromatic nitrogens is 4. The van der Waals surface area contributed by atoms with Gasteiger partial charge in [-0.05, 0) is 53.8 Å². The van der Waals surface area contributed by atoms with E-state index in [1.54, 1.807) is 0 Å². The number of pyridine rings is 1. The second-order valence-electron chi connectivity index (χ2n) is 7.99. The van der Waals surface area contributed by atoms with Crippen LogP contribution in [-0.2, 0) is 13.0 Å². The molecule has 1 unspecified atom stereocenters. The SMILES string of the molecule is CC(Cc1ccc(OCc2ccc3ccccc3n2)cc1)c1cccc(-c2ncn[nH]2)c1. The van der Waals surface area contributed by atoms with Crippen LogP contribution in [0.1, 0.15) is 29.7 Å². The highest BCUT2D eigenvalue weighted by atomic mass is 16.5. The van der Waals surface area contributed by atoms with E-state index in [2.05, 4.69) is 69.6 Å². The van der Waals surface area contributed by atoms with Gasteiger partial charge >= 0.3 is 0 Å². The Kier molecular flexibility index (Phi) is 5.62. The van der Waals surface area contributed by atoms with Gasteiger partial charge in [0.1, 0.15) is 18.7 Å². The van der Waals surface area contributed by atoms with Crippen molar-refractivity contribution in [2.45, 2.75) is 25.9 Å². The predicted molar refractivity (Wildman–Crippen MR) is 126 cm³/mol. The minimum atomic E-state index is 0.381. The lowest BCUT2D eigenvalue weighted by molar-refractivity contribution is 0.301. The van der Waals surface area contributed by atoms with Crippen LogP contribution in [0.5, 0.6) is 5.75 Å². The lowest BCUT2D eigenvalue weighted by Gasteiger charge is -2.14. The lowest BCUT2D eigenvalue weighted by atomic mass is 9.92. The second kappa shape index (κ2) is 9.02. The van der Waals surface area contributed by atoms with Crippen LogP contribution in [-0.4, -0.2) is 20.2 Å². The van der Waals surface area contributed by atoms with Crippen LogP contribution >= 0.6 is 0 Å². The maximum atomic E-state index is 5.96. The molecule has 0 aliphatic heterocycles. The normalized spacial score (nSPS) is 12.0. The van der Waals surface area contributed by atoms with Crippen molar-refractivity contribution >= 4 is 10.9 Å². The maximum Gasteiger partial charge on any atom is 0.155 e. The van der Waals surface area contributed by atoms with Crippen LogP contribution in [0.25, 0.3) is 22.3 Å². The van der Waals surface area contributed by atoms with E-state index in [0.717, 1.165) is 40.2 Å². The van der Waals surface area contributed by atoms with Gasteiger partial charge in [-0.3, -0.25) is 5.10 Å². The van der Waals surface area contributed by atoms with Crippen LogP contribution in [0, 0.1) is 0 Å². The third-order valence-electron chi connectivity index (χ3n) is 5.65. The zero-order chi connectivity index (χ0) is 21.8. The van der Waals surface area contributed by atoms with Crippen molar-refractivity contribution in [1.82, 2.24) is 20.2 Å². The average molecular weight is 421 g/mol. The molecule has 0 spiro atoms. The zero-order valence-corrected chi connectivity index (χ0v) is 17.9. The van der Waals surface area contributed by atoms with Gasteiger partial charge in [0.05, 0.1) is 11.2 Å². The number of fused-ring (bicyclic) bond motifs is 1. The van der Waals surface area contributed by atoms with Gasteiger partial charge in [-0.1, -0.05) is 61.5 Å². The fourth-order valence-corrected chi connectivity index (χ4v) is 3.88. The molecule has 0 amide bonds. The fourth-order valence-electron chi connectivity index (χ4n) is 3.88. The van der Waals surface area contributed by atoms with E-state index in [4.69, 9.17) is 4.74 Å². The summed E-state index contributed by atoms with van der Waals surface area (Å²) in [6.07, 6.45) is 2.48. The van der Waals surface area contributed by atoms with Crippen molar-refractivity contribution in [1.29, 1.82) is 0 Å². The molecule has 0 aliphatic rings. The number of para-hydroxylation sites is 1. The van der Waals surface area contributed by atoms with E-state index in [1.807, 2.05) is 42.5 Å². The molecule has 32 heavy (non-hydrogen) atoms. The number of benzene rings is 3. The summed E-state index contributed by atoms with van der Waals surface area (Å²) in [5, 5.41) is 8.01. The largest absolute Gasteiger partial charge is 0.487 e. The number of hydrogen-bond donors (Lipinski definition) is 1. The number of aromatic amines is 1. The molecule has 0 aliphatic carbocycles. The van der Waals surface area contributed by atoms with Gasteiger partial charge in [-0.15, -0.1) is 0 Å². The minimum Gasteiger partial charge on any atom is -0.487 e. The molecule has 0 saturated heterocycles. The van der Waals surface area contributed by atoms with Crippen molar-refractivity contribution in [2.75, 3.05) is 0 Å². The van der Waals surface area contributed by atoms with Crippen LogP contribution in [0.15, 0.2) is 91.3 Å². The molecular weight excluding hydrogens is 396 g/mol. The van der Waals surface area contributed by atoms with E-state index in [0.29, 0.717) is 12.5 Å². The standard InChI is InChI=1S/C27H24N4O/c1-19(22-6-4-7-23(16-22)27-28-18-29-31-27)15-20-9-13-25(14-10-20)32-17-24-12-11-21-5-2-3-8-26(21)30-24/h2-14,16,18-19H,15,17H2,1H3,(H,28,29,31). The van der Waals surface area contributed by atoms with Crippen LogP contribution in [0.4, 0.5) is 0 Å². The van der Waals surface area contributed by atoms with Gasteiger partial charge in [0.15, 0.2) is 5.82 Å². The number of hydrogen-bond acceptors (Lipinski definition) is 4. The van der Waals surface area contributed by atoms with Crippen molar-refractivity contribution in [3.05, 3.63) is 108 Å². The summed E-state index contributed by atoms with van der Waals surface area (Å²) in [6, 6.07) is 29.0. The van der Waals surface area contributed by atoms with E-state index < -0.39 is 0 Å². The Labute approximate surface area is 187 Å². The summed E-state index contributed by atoms with van der Waals surface area (Å²) in [4.78, 5) is 8.92. The van der Waals surface area contributed by atoms with Gasteiger partial charge < -0.3 is 4.74 Å². The quantitative estimate of drug-likeness (QED) is 0.354. The highest BCUT2D eigenvalue weighted by Gasteiger charge is 2.10. The van der Waals surface area contributed by atoms with Gasteiger partial charge in [-0.25, -0.2) is 9.97 Å². The molecule has 2 heterocycles. The van der Waals surface area contributed by atoms with Crippen molar-refractivity contribution in [3.63, 3.8) is 0 Å². The first-order valence-corrected chi connectivity index (χ1v) is 10.8. The Morgan fingerprint density at radius 1 is 0.906 bits per heavy atom. The Balaban J connectivity index is 1.21. The highest BCUT2D eigenvalue weighted by molar-refractivity contribution is 5.78. The second-order valence-corrected chi connectivity index (χ2v) is 7.99. The summed E-state index contributed by atoms with van der Waals surface area (Å²) in [5.74, 6) is 2.02. The van der Waals surface area contributed by atoms with Crippen LogP contribution < -0.4 is 4.74 Å². The minimum absolute atomic E-state index is 0.381. The Hall–Kier alpha value is -3.99. The third kappa shape index (κ3) is 4.52. The molecule has 2 aromatic heterocycles. The van der Waals surface area contributed by atoms with Gasteiger partial charge in [0.2, 0.25) is 0 Å². The maximum absolute atomic E-state index is 5.96. The van der Waals surface area contributed by atoms with Crippen molar-refractivity contribution in [2.24, 2.45) is 0 Å². The molecule has 158 valence electrons. The average Bonchev–Trinajstić information content (AvgIpc) is 3.39. The van der Waals surface area contributed by atoms with E-state index in [1.165, 1.54) is 17.5 Å². The molecule has 1 N–H and O–H groups in total. The summed E-state index contributed by atoms with van der Waals surface area (Å²) in [7, 11) is 0. The number of rotatable bonds is 7. The number of ether oxygens (including phenoxy) is 1.